The molecule has 160 valence electrons. The second kappa shape index (κ2) is 8.24. The smallest absolute Gasteiger partial charge is 0.194 e. The summed E-state index contributed by atoms with van der Waals surface area (Å²) in [6, 6.07) is 8.61. The van der Waals surface area contributed by atoms with Crippen molar-refractivity contribution in [3.8, 4) is 28.1 Å². The number of phenolic OH excluding ortho intramolecular Hbond substituents is 1. The second-order valence-electron chi connectivity index (χ2n) is 8.04. The van der Waals surface area contributed by atoms with E-state index >= 15 is 0 Å². The van der Waals surface area contributed by atoms with E-state index in [4.69, 9.17) is 4.98 Å². The van der Waals surface area contributed by atoms with Crippen LogP contribution in [0.25, 0.3) is 32.7 Å². The molecule has 1 saturated carbocycles. The number of nitrogens with zero attached hydrogens (tertiary/aromatic N) is 5. The summed E-state index contributed by atoms with van der Waals surface area (Å²) in [4.78, 5) is 7.00. The molecule has 0 atom stereocenters. The van der Waals surface area contributed by atoms with Crippen LogP contribution in [0.4, 0.5) is 5.13 Å². The van der Waals surface area contributed by atoms with Gasteiger partial charge in [0, 0.05) is 36.5 Å². The summed E-state index contributed by atoms with van der Waals surface area (Å²) < 4.78 is 0.967. The Kier molecular flexibility index (Phi) is 5.29. The Bertz CT molecular complexity index is 1180. The van der Waals surface area contributed by atoms with Gasteiger partial charge in [0.1, 0.15) is 5.75 Å². The number of anilines is 1. The van der Waals surface area contributed by atoms with E-state index in [0.717, 1.165) is 33.8 Å². The highest BCUT2D eigenvalue weighted by atomic mass is 32.1. The first-order valence-electron chi connectivity index (χ1n) is 10.5. The summed E-state index contributed by atoms with van der Waals surface area (Å²) in [5.74, 6) is 0.163. The van der Waals surface area contributed by atoms with Crippen LogP contribution in [0, 0.1) is 0 Å². The SMILES string of the molecule is CNC1CCC(N(C)c2nc3nnc(-c4ccc(-c5cn[nH]c5)cc4O)cc3s2)CC1. The third-order valence-electron chi connectivity index (χ3n) is 6.20. The molecule has 1 aromatic carbocycles. The first-order valence-corrected chi connectivity index (χ1v) is 11.3. The minimum Gasteiger partial charge on any atom is -0.507 e. The molecule has 3 aromatic heterocycles. The van der Waals surface area contributed by atoms with Crippen molar-refractivity contribution in [1.82, 2.24) is 30.7 Å². The number of rotatable bonds is 5. The topological polar surface area (TPSA) is 103 Å². The van der Waals surface area contributed by atoms with E-state index in [2.05, 4.69) is 37.7 Å². The van der Waals surface area contributed by atoms with Crippen LogP contribution < -0.4 is 10.2 Å². The van der Waals surface area contributed by atoms with Gasteiger partial charge in [0.05, 0.1) is 16.6 Å². The minimum atomic E-state index is 0.163. The van der Waals surface area contributed by atoms with Crippen molar-refractivity contribution >= 4 is 26.8 Å². The first kappa shape index (κ1) is 19.9. The van der Waals surface area contributed by atoms with Gasteiger partial charge in [0.15, 0.2) is 10.8 Å². The third kappa shape index (κ3) is 3.86. The molecule has 0 aliphatic heterocycles. The van der Waals surface area contributed by atoms with Crippen molar-refractivity contribution < 1.29 is 5.11 Å². The van der Waals surface area contributed by atoms with Gasteiger partial charge in [-0.25, -0.2) is 0 Å². The maximum atomic E-state index is 10.6. The predicted octanol–water partition coefficient (Wildman–Crippen LogP) is 3.82. The van der Waals surface area contributed by atoms with Crippen LogP contribution in [-0.2, 0) is 0 Å². The van der Waals surface area contributed by atoms with Crippen LogP contribution >= 0.6 is 11.3 Å². The molecular formula is C22H25N7OS. The molecule has 4 aromatic rings. The Morgan fingerprint density at radius 2 is 1.97 bits per heavy atom. The monoisotopic (exact) mass is 435 g/mol. The predicted molar refractivity (Wildman–Crippen MR) is 123 cm³/mol. The Morgan fingerprint density at radius 3 is 2.68 bits per heavy atom. The average molecular weight is 436 g/mol. The van der Waals surface area contributed by atoms with E-state index in [9.17, 15) is 5.11 Å². The second-order valence-corrected chi connectivity index (χ2v) is 9.05. The number of aromatic nitrogens is 5. The molecule has 1 aliphatic carbocycles. The van der Waals surface area contributed by atoms with Gasteiger partial charge in [-0.05, 0) is 56.5 Å². The van der Waals surface area contributed by atoms with Crippen molar-refractivity contribution in [2.24, 2.45) is 0 Å². The third-order valence-corrected chi connectivity index (χ3v) is 7.29. The molecule has 1 aliphatic rings. The molecule has 3 N–H and O–H groups in total. The molecule has 8 nitrogen and oxygen atoms in total. The quantitative estimate of drug-likeness (QED) is 0.438. The minimum absolute atomic E-state index is 0.163. The van der Waals surface area contributed by atoms with Gasteiger partial charge >= 0.3 is 0 Å². The molecule has 0 radical (unpaired) electrons. The van der Waals surface area contributed by atoms with Gasteiger partial charge < -0.3 is 15.3 Å². The Balaban J connectivity index is 1.40. The lowest BCUT2D eigenvalue weighted by molar-refractivity contribution is 0.351. The van der Waals surface area contributed by atoms with E-state index in [0.29, 0.717) is 29.0 Å². The summed E-state index contributed by atoms with van der Waals surface area (Å²) in [6.45, 7) is 0. The van der Waals surface area contributed by atoms with Gasteiger partial charge in [-0.3, -0.25) is 5.10 Å². The van der Waals surface area contributed by atoms with Crippen molar-refractivity contribution in [2.75, 3.05) is 19.0 Å². The summed E-state index contributed by atoms with van der Waals surface area (Å²) in [5.41, 5.74) is 3.74. The molecular weight excluding hydrogens is 410 g/mol. The number of aromatic hydroxyl groups is 1. The zero-order chi connectivity index (χ0) is 21.4. The number of phenols is 1. The van der Waals surface area contributed by atoms with Crippen molar-refractivity contribution in [3.63, 3.8) is 0 Å². The van der Waals surface area contributed by atoms with Gasteiger partial charge in [-0.2, -0.15) is 10.1 Å². The standard InChI is InChI=1S/C22H25N7OS/c1-23-15-4-6-16(7-5-15)29(2)22-26-21-20(31-22)10-18(27-28-21)17-8-3-13(9-19(17)30)14-11-24-25-12-14/h3,8-12,15-16,23,30H,4-7H2,1-2H3,(H,24,25). The molecule has 0 spiro atoms. The number of nitrogens with one attached hydrogen (secondary N) is 2. The maximum Gasteiger partial charge on any atom is 0.194 e. The molecule has 0 unspecified atom stereocenters. The lowest BCUT2D eigenvalue weighted by Crippen LogP contribution is -2.39. The number of benzene rings is 1. The molecule has 9 heteroatoms. The molecule has 5 rings (SSSR count). The van der Waals surface area contributed by atoms with Crippen LogP contribution in [0.3, 0.4) is 0 Å². The zero-order valence-corrected chi connectivity index (χ0v) is 18.4. The van der Waals surface area contributed by atoms with Crippen molar-refractivity contribution in [3.05, 3.63) is 36.7 Å². The summed E-state index contributed by atoms with van der Waals surface area (Å²) in [6.07, 6.45) is 8.21. The molecule has 1 fully saturated rings. The van der Waals surface area contributed by atoms with E-state index in [1.54, 1.807) is 29.8 Å². The van der Waals surface area contributed by atoms with Crippen LogP contribution in [0.15, 0.2) is 36.7 Å². The van der Waals surface area contributed by atoms with Crippen LogP contribution in [0.2, 0.25) is 0 Å². The number of hydrogen-bond donors (Lipinski definition) is 3. The number of thiazole rings is 1. The highest BCUT2D eigenvalue weighted by Crippen LogP contribution is 2.36. The summed E-state index contributed by atoms with van der Waals surface area (Å²) in [7, 11) is 4.16. The molecule has 31 heavy (non-hydrogen) atoms. The van der Waals surface area contributed by atoms with Crippen LogP contribution in [-0.4, -0.2) is 56.7 Å². The fraction of sp³-hybridized carbons (Fsp3) is 0.364. The van der Waals surface area contributed by atoms with E-state index in [1.165, 1.54) is 12.8 Å². The van der Waals surface area contributed by atoms with Crippen LogP contribution in [0.5, 0.6) is 5.75 Å². The van der Waals surface area contributed by atoms with E-state index < -0.39 is 0 Å². The van der Waals surface area contributed by atoms with Gasteiger partial charge in [-0.1, -0.05) is 17.4 Å². The van der Waals surface area contributed by atoms with Crippen molar-refractivity contribution in [1.29, 1.82) is 0 Å². The van der Waals surface area contributed by atoms with E-state index in [-0.39, 0.29) is 5.75 Å². The number of hydrogen-bond acceptors (Lipinski definition) is 8. The highest BCUT2D eigenvalue weighted by Gasteiger charge is 2.25. The zero-order valence-electron chi connectivity index (χ0n) is 17.5. The number of aromatic amines is 1. The Labute approximate surface area is 184 Å². The first-order chi connectivity index (χ1) is 15.1. The largest absolute Gasteiger partial charge is 0.507 e. The summed E-state index contributed by atoms with van der Waals surface area (Å²) in [5, 5.41) is 30.4. The van der Waals surface area contributed by atoms with Gasteiger partial charge in [-0.15, -0.1) is 10.2 Å². The average Bonchev–Trinajstić information content (AvgIpc) is 3.48. The molecule has 0 saturated heterocycles. The lowest BCUT2D eigenvalue weighted by atomic mass is 9.91. The van der Waals surface area contributed by atoms with Crippen LogP contribution in [0.1, 0.15) is 25.7 Å². The maximum absolute atomic E-state index is 10.6. The Hall–Kier alpha value is -3.04. The molecule has 3 heterocycles. The lowest BCUT2D eigenvalue weighted by Gasteiger charge is -2.34. The summed E-state index contributed by atoms with van der Waals surface area (Å²) >= 11 is 1.62. The molecule has 0 bridgehead atoms. The van der Waals surface area contributed by atoms with E-state index in [1.807, 2.05) is 25.2 Å². The Morgan fingerprint density at radius 1 is 1.13 bits per heavy atom. The molecule has 0 amide bonds. The normalized spacial score (nSPS) is 19.0. The van der Waals surface area contributed by atoms with Crippen molar-refractivity contribution in [2.45, 2.75) is 37.8 Å². The van der Waals surface area contributed by atoms with Gasteiger partial charge in [0.2, 0.25) is 0 Å². The van der Waals surface area contributed by atoms with Gasteiger partial charge in [0.25, 0.3) is 0 Å². The fourth-order valence-corrected chi connectivity index (χ4v) is 5.23. The highest BCUT2D eigenvalue weighted by molar-refractivity contribution is 7.22. The number of H-pyrrole nitrogens is 1. The fourth-order valence-electron chi connectivity index (χ4n) is 4.26. The number of fused-ring (bicyclic) bond motifs is 1.